The maximum atomic E-state index is 8.91. The van der Waals surface area contributed by atoms with Gasteiger partial charge in [0.15, 0.2) is 0 Å². The summed E-state index contributed by atoms with van der Waals surface area (Å²) in [6.45, 7) is 0. The number of hydrogen-bond acceptors (Lipinski definition) is 6. The van der Waals surface area contributed by atoms with Crippen molar-refractivity contribution in [1.29, 1.82) is 5.26 Å². The zero-order valence-corrected chi connectivity index (χ0v) is 11.7. The molecule has 0 saturated heterocycles. The van der Waals surface area contributed by atoms with Gasteiger partial charge in [-0.25, -0.2) is 0 Å². The standard InChI is InChI=1S/C13H9ClN6O/c1-21-10-4-8(6-15)2-3-9(10)18-12-5-11(14)19-13-16-7-17-20(12)13/h2-5,7,18H,1H3. The van der Waals surface area contributed by atoms with E-state index in [1.165, 1.54) is 18.0 Å². The lowest BCUT2D eigenvalue weighted by Crippen LogP contribution is -2.03. The van der Waals surface area contributed by atoms with E-state index in [4.69, 9.17) is 21.6 Å². The topological polar surface area (TPSA) is 88.1 Å². The van der Waals surface area contributed by atoms with Crippen LogP contribution < -0.4 is 10.1 Å². The van der Waals surface area contributed by atoms with Gasteiger partial charge < -0.3 is 10.1 Å². The number of fused-ring (bicyclic) bond motifs is 1. The molecule has 0 amide bonds. The van der Waals surface area contributed by atoms with Crippen LogP contribution >= 0.6 is 11.6 Å². The van der Waals surface area contributed by atoms with Gasteiger partial charge in [0.25, 0.3) is 5.78 Å². The van der Waals surface area contributed by atoms with Crippen LogP contribution in [0.3, 0.4) is 0 Å². The Bertz CT molecular complexity index is 853. The lowest BCUT2D eigenvalue weighted by molar-refractivity contribution is 0.416. The molecule has 7 nitrogen and oxygen atoms in total. The molecule has 0 aliphatic heterocycles. The molecule has 8 heteroatoms. The van der Waals surface area contributed by atoms with Crippen molar-refractivity contribution in [2.45, 2.75) is 0 Å². The highest BCUT2D eigenvalue weighted by Crippen LogP contribution is 2.29. The fourth-order valence-electron chi connectivity index (χ4n) is 1.87. The third-order valence-corrected chi connectivity index (χ3v) is 3.01. The number of nitriles is 1. The second-order valence-corrected chi connectivity index (χ2v) is 4.48. The summed E-state index contributed by atoms with van der Waals surface area (Å²) in [4.78, 5) is 8.04. The number of methoxy groups -OCH3 is 1. The number of nitrogens with one attached hydrogen (secondary N) is 1. The smallest absolute Gasteiger partial charge is 0.255 e. The van der Waals surface area contributed by atoms with Gasteiger partial charge in [0.05, 0.1) is 24.4 Å². The lowest BCUT2D eigenvalue weighted by atomic mass is 10.2. The van der Waals surface area contributed by atoms with Gasteiger partial charge in [0.1, 0.15) is 23.0 Å². The van der Waals surface area contributed by atoms with Gasteiger partial charge in [-0.05, 0) is 12.1 Å². The fourth-order valence-corrected chi connectivity index (χ4v) is 2.05. The van der Waals surface area contributed by atoms with Crippen LogP contribution in [-0.4, -0.2) is 26.7 Å². The molecular formula is C13H9ClN6O. The molecule has 3 rings (SSSR count). The molecule has 0 saturated carbocycles. The SMILES string of the molecule is COc1cc(C#N)ccc1Nc1cc(Cl)nc2ncnn12. The molecule has 2 heterocycles. The van der Waals surface area contributed by atoms with Gasteiger partial charge in [-0.15, -0.1) is 0 Å². The van der Waals surface area contributed by atoms with E-state index in [1.807, 2.05) is 0 Å². The van der Waals surface area contributed by atoms with Gasteiger partial charge in [-0.3, -0.25) is 0 Å². The Kier molecular flexibility index (Phi) is 3.30. The Morgan fingerprint density at radius 1 is 1.38 bits per heavy atom. The number of ether oxygens (including phenoxy) is 1. The van der Waals surface area contributed by atoms with E-state index < -0.39 is 0 Å². The molecule has 0 aliphatic rings. The van der Waals surface area contributed by atoms with E-state index in [2.05, 4.69) is 26.5 Å². The summed E-state index contributed by atoms with van der Waals surface area (Å²) in [7, 11) is 1.53. The molecule has 0 bridgehead atoms. The lowest BCUT2D eigenvalue weighted by Gasteiger charge is -2.12. The fraction of sp³-hybridized carbons (Fsp3) is 0.0769. The van der Waals surface area contributed by atoms with E-state index in [0.29, 0.717) is 33.7 Å². The average Bonchev–Trinajstić information content (AvgIpc) is 2.96. The van der Waals surface area contributed by atoms with Gasteiger partial charge >= 0.3 is 0 Å². The van der Waals surface area contributed by atoms with Crippen LogP contribution in [0.25, 0.3) is 5.78 Å². The summed E-state index contributed by atoms with van der Waals surface area (Å²) < 4.78 is 6.79. The number of halogens is 1. The molecule has 0 aliphatic carbocycles. The van der Waals surface area contributed by atoms with E-state index in [1.54, 1.807) is 24.3 Å². The summed E-state index contributed by atoms with van der Waals surface area (Å²) in [6.07, 6.45) is 1.39. The maximum absolute atomic E-state index is 8.91. The van der Waals surface area contributed by atoms with Crippen molar-refractivity contribution in [3.05, 3.63) is 41.3 Å². The van der Waals surface area contributed by atoms with Gasteiger partial charge in [0.2, 0.25) is 0 Å². The number of nitrogens with zero attached hydrogens (tertiary/aromatic N) is 5. The zero-order valence-electron chi connectivity index (χ0n) is 10.9. The Hall–Kier alpha value is -2.85. The minimum Gasteiger partial charge on any atom is -0.495 e. The summed E-state index contributed by atoms with van der Waals surface area (Å²) in [5, 5.41) is 16.4. The summed E-state index contributed by atoms with van der Waals surface area (Å²) in [5.41, 5.74) is 1.19. The van der Waals surface area contributed by atoms with E-state index in [9.17, 15) is 0 Å². The monoisotopic (exact) mass is 300 g/mol. The first-order chi connectivity index (χ1) is 10.2. The predicted octanol–water partition coefficient (Wildman–Crippen LogP) is 2.40. The van der Waals surface area contributed by atoms with E-state index in [0.717, 1.165) is 0 Å². The van der Waals surface area contributed by atoms with Crippen molar-refractivity contribution < 1.29 is 4.74 Å². The van der Waals surface area contributed by atoms with Crippen molar-refractivity contribution in [2.24, 2.45) is 0 Å². The Morgan fingerprint density at radius 2 is 2.24 bits per heavy atom. The van der Waals surface area contributed by atoms with Crippen LogP contribution in [0.4, 0.5) is 11.5 Å². The van der Waals surface area contributed by atoms with Gasteiger partial charge in [-0.1, -0.05) is 11.6 Å². The number of hydrogen-bond donors (Lipinski definition) is 1. The number of anilines is 2. The molecule has 0 radical (unpaired) electrons. The largest absolute Gasteiger partial charge is 0.495 e. The summed E-state index contributed by atoms with van der Waals surface area (Å²) in [6, 6.07) is 8.76. The summed E-state index contributed by atoms with van der Waals surface area (Å²) in [5.74, 6) is 1.51. The molecule has 0 fully saturated rings. The second kappa shape index (κ2) is 5.26. The third-order valence-electron chi connectivity index (χ3n) is 2.81. The molecule has 104 valence electrons. The molecule has 2 aromatic heterocycles. The molecule has 0 spiro atoms. The normalized spacial score (nSPS) is 10.3. The first-order valence-corrected chi connectivity index (χ1v) is 6.30. The van der Waals surface area contributed by atoms with Crippen LogP contribution in [-0.2, 0) is 0 Å². The maximum Gasteiger partial charge on any atom is 0.255 e. The highest BCUT2D eigenvalue weighted by atomic mass is 35.5. The quantitative estimate of drug-likeness (QED) is 0.747. The van der Waals surface area contributed by atoms with E-state index >= 15 is 0 Å². The number of benzene rings is 1. The molecular weight excluding hydrogens is 292 g/mol. The second-order valence-electron chi connectivity index (χ2n) is 4.09. The minimum atomic E-state index is 0.297. The molecule has 21 heavy (non-hydrogen) atoms. The molecule has 0 unspecified atom stereocenters. The number of aromatic nitrogens is 4. The third kappa shape index (κ3) is 2.44. The Balaban J connectivity index is 2.06. The first-order valence-electron chi connectivity index (χ1n) is 5.92. The van der Waals surface area contributed by atoms with Crippen LogP contribution in [0.5, 0.6) is 5.75 Å². The summed E-state index contributed by atoms with van der Waals surface area (Å²) >= 11 is 5.96. The van der Waals surface area contributed by atoms with Crippen LogP contribution in [0.1, 0.15) is 5.56 Å². The average molecular weight is 301 g/mol. The van der Waals surface area contributed by atoms with Crippen molar-refractivity contribution in [2.75, 3.05) is 12.4 Å². The highest BCUT2D eigenvalue weighted by Gasteiger charge is 2.10. The van der Waals surface area contributed by atoms with Crippen LogP contribution in [0.15, 0.2) is 30.6 Å². The molecule has 3 aromatic rings. The van der Waals surface area contributed by atoms with Crippen molar-refractivity contribution in [3.63, 3.8) is 0 Å². The Labute approximate surface area is 124 Å². The van der Waals surface area contributed by atoms with Gasteiger partial charge in [0, 0.05) is 12.1 Å². The molecule has 1 N–H and O–H groups in total. The van der Waals surface area contributed by atoms with Crippen molar-refractivity contribution >= 4 is 28.9 Å². The molecule has 1 aromatic carbocycles. The predicted molar refractivity (Wildman–Crippen MR) is 76.8 cm³/mol. The number of rotatable bonds is 3. The van der Waals surface area contributed by atoms with E-state index in [-0.39, 0.29) is 0 Å². The van der Waals surface area contributed by atoms with Crippen molar-refractivity contribution in [3.8, 4) is 11.8 Å². The molecule has 0 atom stereocenters. The van der Waals surface area contributed by atoms with Crippen LogP contribution in [0, 0.1) is 11.3 Å². The minimum absolute atomic E-state index is 0.297. The zero-order chi connectivity index (χ0) is 14.8. The first kappa shape index (κ1) is 13.1. The Morgan fingerprint density at radius 3 is 3.00 bits per heavy atom. The highest BCUT2D eigenvalue weighted by molar-refractivity contribution is 6.29. The van der Waals surface area contributed by atoms with Gasteiger partial charge in [-0.2, -0.15) is 24.8 Å². The van der Waals surface area contributed by atoms with Crippen molar-refractivity contribution in [1.82, 2.24) is 19.6 Å². The van der Waals surface area contributed by atoms with Crippen LogP contribution in [0.2, 0.25) is 5.15 Å².